The number of piperazine rings is 1. The van der Waals surface area contributed by atoms with Crippen LogP contribution < -0.4 is 10.5 Å². The standard InChI is InChI=1S/C12H21N5O2S/c1-16-6-7-17(2)10(9-16)8-15-20(18,19)11-4-3-5-14-12(11)13/h3-5,10,15H,6-9H2,1-2H3,(H2,13,14). The Kier molecular flexibility index (Phi) is 4.59. The van der Waals surface area contributed by atoms with Crippen molar-refractivity contribution in [2.75, 3.05) is 46.0 Å². The molecular formula is C12H21N5O2S. The predicted molar refractivity (Wildman–Crippen MR) is 77.8 cm³/mol. The molecule has 1 aromatic rings. The summed E-state index contributed by atoms with van der Waals surface area (Å²) in [4.78, 5) is 8.19. The van der Waals surface area contributed by atoms with Gasteiger partial charge in [0.2, 0.25) is 10.0 Å². The van der Waals surface area contributed by atoms with Gasteiger partial charge < -0.3 is 10.6 Å². The van der Waals surface area contributed by atoms with E-state index in [0.29, 0.717) is 6.54 Å². The van der Waals surface area contributed by atoms with Gasteiger partial charge >= 0.3 is 0 Å². The average molecular weight is 299 g/mol. The van der Waals surface area contributed by atoms with Gasteiger partial charge in [0.25, 0.3) is 0 Å². The first kappa shape index (κ1) is 15.2. The molecular weight excluding hydrogens is 278 g/mol. The van der Waals surface area contributed by atoms with Crippen molar-refractivity contribution in [3.8, 4) is 0 Å². The number of likely N-dealkylation sites (N-methyl/N-ethyl adjacent to an activating group) is 2. The van der Waals surface area contributed by atoms with E-state index in [2.05, 4.69) is 19.5 Å². The normalized spacial score (nSPS) is 22.0. The van der Waals surface area contributed by atoms with Crippen LogP contribution in [0.2, 0.25) is 0 Å². The molecule has 0 bridgehead atoms. The van der Waals surface area contributed by atoms with Crippen LogP contribution in [-0.2, 0) is 10.0 Å². The lowest BCUT2D eigenvalue weighted by molar-refractivity contribution is 0.117. The summed E-state index contributed by atoms with van der Waals surface area (Å²) in [6, 6.07) is 3.17. The second kappa shape index (κ2) is 6.04. The molecule has 0 aromatic carbocycles. The van der Waals surface area contributed by atoms with E-state index in [1.165, 1.54) is 12.3 Å². The number of nitrogens with one attached hydrogen (secondary N) is 1. The zero-order chi connectivity index (χ0) is 14.8. The van der Waals surface area contributed by atoms with E-state index in [1.54, 1.807) is 6.07 Å². The highest BCUT2D eigenvalue weighted by molar-refractivity contribution is 7.89. The molecule has 1 saturated heterocycles. The number of rotatable bonds is 4. The summed E-state index contributed by atoms with van der Waals surface area (Å²) >= 11 is 0. The lowest BCUT2D eigenvalue weighted by Crippen LogP contribution is -2.54. The van der Waals surface area contributed by atoms with Gasteiger partial charge in [-0.25, -0.2) is 18.1 Å². The van der Waals surface area contributed by atoms with Crippen LogP contribution in [0.1, 0.15) is 0 Å². The fourth-order valence-electron chi connectivity index (χ4n) is 2.24. The van der Waals surface area contributed by atoms with E-state index in [-0.39, 0.29) is 16.8 Å². The smallest absolute Gasteiger partial charge is 0.244 e. The third-order valence-corrected chi connectivity index (χ3v) is 5.05. The van der Waals surface area contributed by atoms with Crippen molar-refractivity contribution in [2.24, 2.45) is 0 Å². The number of hydrogen-bond donors (Lipinski definition) is 2. The molecule has 0 radical (unpaired) electrons. The maximum absolute atomic E-state index is 12.2. The first-order valence-corrected chi connectivity index (χ1v) is 7.97. The molecule has 112 valence electrons. The molecule has 1 fully saturated rings. The SMILES string of the molecule is CN1CCN(C)C(CNS(=O)(=O)c2cccnc2N)C1. The molecule has 3 N–H and O–H groups in total. The summed E-state index contributed by atoms with van der Waals surface area (Å²) in [6.45, 7) is 3.12. The van der Waals surface area contributed by atoms with Gasteiger partial charge in [0.15, 0.2) is 0 Å². The maximum atomic E-state index is 12.2. The monoisotopic (exact) mass is 299 g/mol. The fourth-order valence-corrected chi connectivity index (χ4v) is 3.39. The van der Waals surface area contributed by atoms with Gasteiger partial charge in [-0.2, -0.15) is 0 Å². The Morgan fingerprint density at radius 3 is 2.90 bits per heavy atom. The van der Waals surface area contributed by atoms with E-state index < -0.39 is 10.0 Å². The minimum Gasteiger partial charge on any atom is -0.383 e. The van der Waals surface area contributed by atoms with Crippen LogP contribution in [-0.4, -0.2) is 69.5 Å². The third kappa shape index (κ3) is 3.45. The Morgan fingerprint density at radius 1 is 1.45 bits per heavy atom. The summed E-state index contributed by atoms with van der Waals surface area (Å²) in [7, 11) is 0.426. The second-order valence-corrected chi connectivity index (χ2v) is 6.87. The molecule has 0 saturated carbocycles. The van der Waals surface area contributed by atoms with E-state index in [1.807, 2.05) is 14.1 Å². The minimum atomic E-state index is -3.61. The second-order valence-electron chi connectivity index (χ2n) is 5.14. The number of nitrogens with two attached hydrogens (primary N) is 1. The van der Waals surface area contributed by atoms with E-state index >= 15 is 0 Å². The van der Waals surface area contributed by atoms with Crippen LogP contribution in [0.3, 0.4) is 0 Å². The van der Waals surface area contributed by atoms with Crippen LogP contribution in [0.15, 0.2) is 23.2 Å². The topological polar surface area (TPSA) is 91.6 Å². The van der Waals surface area contributed by atoms with Crippen LogP contribution in [0, 0.1) is 0 Å². The van der Waals surface area contributed by atoms with Crippen LogP contribution >= 0.6 is 0 Å². The third-order valence-electron chi connectivity index (χ3n) is 3.58. The van der Waals surface area contributed by atoms with Crippen molar-refractivity contribution in [3.05, 3.63) is 18.3 Å². The molecule has 7 nitrogen and oxygen atoms in total. The number of nitrogens with zero attached hydrogens (tertiary/aromatic N) is 3. The van der Waals surface area contributed by atoms with Crippen LogP contribution in [0.4, 0.5) is 5.82 Å². The molecule has 2 heterocycles. The van der Waals surface area contributed by atoms with Crippen molar-refractivity contribution in [1.82, 2.24) is 19.5 Å². The molecule has 0 spiro atoms. The molecule has 8 heteroatoms. The number of aromatic nitrogens is 1. The molecule has 1 aliphatic heterocycles. The van der Waals surface area contributed by atoms with E-state index in [9.17, 15) is 8.42 Å². The van der Waals surface area contributed by atoms with E-state index in [4.69, 9.17) is 5.73 Å². The Morgan fingerprint density at radius 2 is 2.20 bits per heavy atom. The quantitative estimate of drug-likeness (QED) is 0.755. The van der Waals surface area contributed by atoms with Crippen LogP contribution in [0.25, 0.3) is 0 Å². The maximum Gasteiger partial charge on any atom is 0.244 e. The first-order valence-electron chi connectivity index (χ1n) is 6.49. The lowest BCUT2D eigenvalue weighted by Gasteiger charge is -2.37. The van der Waals surface area contributed by atoms with Gasteiger partial charge in [-0.15, -0.1) is 0 Å². The molecule has 1 aliphatic rings. The van der Waals surface area contributed by atoms with Crippen LogP contribution in [0.5, 0.6) is 0 Å². The predicted octanol–water partition coefficient (Wildman–Crippen LogP) is -0.812. The van der Waals surface area contributed by atoms with Gasteiger partial charge in [-0.3, -0.25) is 4.90 Å². The lowest BCUT2D eigenvalue weighted by atomic mass is 10.2. The van der Waals surface area contributed by atoms with Gasteiger partial charge in [0.05, 0.1) is 0 Å². The molecule has 1 atom stereocenters. The summed E-state index contributed by atoms with van der Waals surface area (Å²) in [5.74, 6) is 0.0223. The Bertz CT molecular complexity index is 563. The first-order chi connectivity index (χ1) is 9.40. The highest BCUT2D eigenvalue weighted by Gasteiger charge is 2.25. The summed E-state index contributed by atoms with van der Waals surface area (Å²) in [6.07, 6.45) is 1.47. The summed E-state index contributed by atoms with van der Waals surface area (Å²) in [5.41, 5.74) is 5.62. The highest BCUT2D eigenvalue weighted by atomic mass is 32.2. The van der Waals surface area contributed by atoms with Gasteiger partial charge in [-0.1, -0.05) is 0 Å². The molecule has 1 unspecified atom stereocenters. The number of pyridine rings is 1. The fraction of sp³-hybridized carbons (Fsp3) is 0.583. The largest absolute Gasteiger partial charge is 0.383 e. The molecule has 0 aliphatic carbocycles. The minimum absolute atomic E-state index is 0.0223. The van der Waals surface area contributed by atoms with Gasteiger partial charge in [0.1, 0.15) is 10.7 Å². The molecule has 0 amide bonds. The average Bonchev–Trinajstić information content (AvgIpc) is 2.40. The number of sulfonamides is 1. The van der Waals surface area contributed by atoms with Crippen molar-refractivity contribution in [3.63, 3.8) is 0 Å². The number of anilines is 1. The van der Waals surface area contributed by atoms with Crippen molar-refractivity contribution in [2.45, 2.75) is 10.9 Å². The number of nitrogen functional groups attached to an aromatic ring is 1. The van der Waals surface area contributed by atoms with E-state index in [0.717, 1.165) is 19.6 Å². The number of hydrogen-bond acceptors (Lipinski definition) is 6. The Hall–Kier alpha value is -1.22. The van der Waals surface area contributed by atoms with Crippen molar-refractivity contribution < 1.29 is 8.42 Å². The molecule has 1 aromatic heterocycles. The zero-order valence-electron chi connectivity index (χ0n) is 11.8. The summed E-state index contributed by atoms with van der Waals surface area (Å²) < 4.78 is 27.1. The summed E-state index contributed by atoms with van der Waals surface area (Å²) in [5, 5.41) is 0. The zero-order valence-corrected chi connectivity index (χ0v) is 12.6. The molecule has 2 rings (SSSR count). The highest BCUT2D eigenvalue weighted by Crippen LogP contribution is 2.14. The molecule has 20 heavy (non-hydrogen) atoms. The Balaban J connectivity index is 2.04. The van der Waals surface area contributed by atoms with Crippen molar-refractivity contribution >= 4 is 15.8 Å². The van der Waals surface area contributed by atoms with Gasteiger partial charge in [-0.05, 0) is 26.2 Å². The van der Waals surface area contributed by atoms with Crippen molar-refractivity contribution in [1.29, 1.82) is 0 Å². The Labute approximate surface area is 119 Å². The van der Waals surface area contributed by atoms with Gasteiger partial charge in [0, 0.05) is 38.4 Å².